The summed E-state index contributed by atoms with van der Waals surface area (Å²) in [5.74, 6) is 0.240. The van der Waals surface area contributed by atoms with Crippen LogP contribution in [0.1, 0.15) is 90.4 Å². The molecule has 0 rings (SSSR count). The van der Waals surface area contributed by atoms with E-state index in [0.29, 0.717) is 6.42 Å². The van der Waals surface area contributed by atoms with Crippen LogP contribution in [0, 0.1) is 0 Å². The van der Waals surface area contributed by atoms with Gasteiger partial charge >= 0.3 is 0 Å². The largest absolute Gasteiger partial charge is 0.870 e. The summed E-state index contributed by atoms with van der Waals surface area (Å²) in [6.07, 6.45) is 16.5. The van der Waals surface area contributed by atoms with Gasteiger partial charge in [-0.3, -0.25) is 4.79 Å². The topological polar surface area (TPSA) is 63.5 Å². The molecule has 4 nitrogen and oxygen atoms in total. The second-order valence-electron chi connectivity index (χ2n) is 6.95. The highest BCUT2D eigenvalue weighted by Crippen LogP contribution is 2.11. The van der Waals surface area contributed by atoms with Crippen molar-refractivity contribution in [3.8, 4) is 0 Å². The maximum absolute atomic E-state index is 11.6. The molecule has 0 aliphatic carbocycles. The molecule has 0 aromatic carbocycles. The maximum Gasteiger partial charge on any atom is 0.219 e. The fourth-order valence-corrected chi connectivity index (χ4v) is 2.71. The Morgan fingerprint density at radius 1 is 0.783 bits per heavy atom. The van der Waals surface area contributed by atoms with Crippen molar-refractivity contribution in [3.05, 3.63) is 0 Å². The van der Waals surface area contributed by atoms with Crippen LogP contribution in [0.3, 0.4) is 0 Å². The molecular formula is C19H42N2O2. The van der Waals surface area contributed by atoms with Gasteiger partial charge in [-0.15, -0.1) is 0 Å². The average molecular weight is 331 g/mol. The molecule has 1 amide bonds. The van der Waals surface area contributed by atoms with E-state index in [1.807, 2.05) is 0 Å². The van der Waals surface area contributed by atoms with Crippen LogP contribution in [0.5, 0.6) is 0 Å². The smallest absolute Gasteiger partial charge is 0.219 e. The fraction of sp³-hybridized carbons (Fsp3) is 0.947. The van der Waals surface area contributed by atoms with Crippen LogP contribution in [0.4, 0.5) is 0 Å². The number of unbranched alkanes of at least 4 members (excludes halogenated alkanes) is 10. The summed E-state index contributed by atoms with van der Waals surface area (Å²) in [5.41, 5.74) is 0. The molecule has 140 valence electrons. The van der Waals surface area contributed by atoms with Crippen LogP contribution in [0.2, 0.25) is 0 Å². The lowest BCUT2D eigenvalue weighted by Crippen LogP contribution is -3.05. The van der Waals surface area contributed by atoms with Crippen LogP contribution in [0.15, 0.2) is 0 Å². The first-order chi connectivity index (χ1) is 10.7. The molecule has 0 aliphatic heterocycles. The molecule has 0 aromatic rings. The van der Waals surface area contributed by atoms with Crippen LogP contribution >= 0.6 is 0 Å². The van der Waals surface area contributed by atoms with Crippen molar-refractivity contribution in [1.29, 1.82) is 0 Å². The van der Waals surface area contributed by atoms with Crippen LogP contribution in [-0.4, -0.2) is 38.6 Å². The summed E-state index contributed by atoms with van der Waals surface area (Å²) in [6, 6.07) is 0. The number of rotatable bonds is 16. The van der Waals surface area contributed by atoms with E-state index in [1.165, 1.54) is 69.1 Å². The second-order valence-corrected chi connectivity index (χ2v) is 6.95. The summed E-state index contributed by atoms with van der Waals surface area (Å²) < 4.78 is 0. The Kier molecular flexibility index (Phi) is 20.8. The van der Waals surface area contributed by atoms with E-state index in [0.717, 1.165) is 25.9 Å². The molecule has 0 radical (unpaired) electrons. The Balaban J connectivity index is 0. The molecule has 0 saturated heterocycles. The minimum Gasteiger partial charge on any atom is -0.870 e. The van der Waals surface area contributed by atoms with E-state index < -0.39 is 0 Å². The third-order valence-electron chi connectivity index (χ3n) is 4.18. The van der Waals surface area contributed by atoms with E-state index in [2.05, 4.69) is 26.3 Å². The Bertz CT molecular complexity index is 246. The van der Waals surface area contributed by atoms with Gasteiger partial charge in [0.1, 0.15) is 0 Å². The van der Waals surface area contributed by atoms with Gasteiger partial charge in [0.05, 0.1) is 20.6 Å². The second kappa shape index (κ2) is 19.4. The maximum atomic E-state index is 11.6. The van der Waals surface area contributed by atoms with E-state index in [9.17, 15) is 4.79 Å². The van der Waals surface area contributed by atoms with Crippen molar-refractivity contribution >= 4 is 5.91 Å². The molecule has 0 fully saturated rings. The van der Waals surface area contributed by atoms with Crippen molar-refractivity contribution in [2.45, 2.75) is 90.4 Å². The van der Waals surface area contributed by atoms with Crippen LogP contribution in [-0.2, 0) is 4.79 Å². The highest BCUT2D eigenvalue weighted by molar-refractivity contribution is 5.75. The van der Waals surface area contributed by atoms with Gasteiger partial charge in [-0.2, -0.15) is 0 Å². The van der Waals surface area contributed by atoms with Crippen molar-refractivity contribution < 1.29 is 15.2 Å². The van der Waals surface area contributed by atoms with Gasteiger partial charge in [0, 0.05) is 19.4 Å². The van der Waals surface area contributed by atoms with Crippen molar-refractivity contribution in [3.63, 3.8) is 0 Å². The lowest BCUT2D eigenvalue weighted by atomic mass is 10.1. The van der Waals surface area contributed by atoms with Crippen molar-refractivity contribution in [1.82, 2.24) is 5.32 Å². The summed E-state index contributed by atoms with van der Waals surface area (Å²) in [6.45, 7) is 4.23. The lowest BCUT2D eigenvalue weighted by Gasteiger charge is -2.08. The quantitative estimate of drug-likeness (QED) is 0.427. The summed E-state index contributed by atoms with van der Waals surface area (Å²) in [5, 5.41) is 3.02. The highest BCUT2D eigenvalue weighted by atomic mass is 16.1. The third kappa shape index (κ3) is 21.4. The predicted molar refractivity (Wildman–Crippen MR) is 98.3 cm³/mol. The lowest BCUT2D eigenvalue weighted by molar-refractivity contribution is -0.858. The molecule has 23 heavy (non-hydrogen) atoms. The Hall–Kier alpha value is -0.610. The SMILES string of the molecule is CCCCCCCCCCCCCC(=O)NCCC[NH+](C)C.[OH-]. The number of amides is 1. The van der Waals surface area contributed by atoms with Gasteiger partial charge < -0.3 is 15.7 Å². The van der Waals surface area contributed by atoms with E-state index in [1.54, 1.807) is 0 Å². The average Bonchev–Trinajstić information content (AvgIpc) is 2.49. The fourth-order valence-electron chi connectivity index (χ4n) is 2.71. The number of nitrogens with one attached hydrogen (secondary N) is 2. The van der Waals surface area contributed by atoms with Gasteiger partial charge in [-0.25, -0.2) is 0 Å². The van der Waals surface area contributed by atoms with Crippen LogP contribution in [0.25, 0.3) is 0 Å². The predicted octanol–water partition coefficient (Wildman–Crippen LogP) is 3.16. The minimum atomic E-state index is 0. The number of carbonyl (C=O) groups is 1. The van der Waals surface area contributed by atoms with Gasteiger partial charge in [0.25, 0.3) is 0 Å². The molecule has 0 atom stereocenters. The molecular weight excluding hydrogens is 288 g/mol. The Morgan fingerprint density at radius 3 is 1.74 bits per heavy atom. The molecule has 0 spiro atoms. The Morgan fingerprint density at radius 2 is 1.26 bits per heavy atom. The van der Waals surface area contributed by atoms with Gasteiger partial charge in [0.2, 0.25) is 5.91 Å². The van der Waals surface area contributed by atoms with Gasteiger partial charge in [-0.1, -0.05) is 71.1 Å². The number of hydrogen-bond acceptors (Lipinski definition) is 2. The van der Waals surface area contributed by atoms with Crippen LogP contribution < -0.4 is 10.2 Å². The molecule has 0 unspecified atom stereocenters. The first kappa shape index (κ1) is 24.6. The zero-order chi connectivity index (χ0) is 16.5. The molecule has 0 aromatic heterocycles. The summed E-state index contributed by atoms with van der Waals surface area (Å²) in [7, 11) is 4.29. The number of quaternary nitrogens is 1. The standard InChI is InChI=1S/C19H40N2O.H2O/c1-4-5-6-7-8-9-10-11-12-13-14-16-19(22)20-17-15-18-21(2)3;/h4-18H2,1-3H3,(H,20,22);1H2. The zero-order valence-corrected chi connectivity index (χ0v) is 16.0. The van der Waals surface area contributed by atoms with Gasteiger partial charge in [0.15, 0.2) is 0 Å². The van der Waals surface area contributed by atoms with E-state index in [4.69, 9.17) is 0 Å². The zero-order valence-electron chi connectivity index (χ0n) is 16.0. The Labute approximate surface area is 144 Å². The number of hydrogen-bond donors (Lipinski definition) is 2. The highest BCUT2D eigenvalue weighted by Gasteiger charge is 2.01. The normalized spacial score (nSPS) is 10.6. The van der Waals surface area contributed by atoms with Crippen molar-refractivity contribution in [2.75, 3.05) is 27.2 Å². The monoisotopic (exact) mass is 330 g/mol. The molecule has 3 N–H and O–H groups in total. The molecule has 0 bridgehead atoms. The molecule has 4 heteroatoms. The van der Waals surface area contributed by atoms with E-state index in [-0.39, 0.29) is 11.4 Å². The number of carbonyl (C=O) groups excluding carboxylic acids is 1. The first-order valence-corrected chi connectivity index (χ1v) is 9.72. The summed E-state index contributed by atoms with van der Waals surface area (Å²) in [4.78, 5) is 13.1. The van der Waals surface area contributed by atoms with Crippen molar-refractivity contribution in [2.24, 2.45) is 0 Å². The first-order valence-electron chi connectivity index (χ1n) is 9.72. The third-order valence-corrected chi connectivity index (χ3v) is 4.18. The summed E-state index contributed by atoms with van der Waals surface area (Å²) >= 11 is 0. The molecule has 0 heterocycles. The van der Waals surface area contributed by atoms with E-state index >= 15 is 0 Å². The minimum absolute atomic E-state index is 0. The molecule has 0 saturated carbocycles. The van der Waals surface area contributed by atoms with Gasteiger partial charge in [-0.05, 0) is 6.42 Å². The molecule has 0 aliphatic rings.